The van der Waals surface area contributed by atoms with E-state index in [2.05, 4.69) is 10.3 Å². The summed E-state index contributed by atoms with van der Waals surface area (Å²) in [6.07, 6.45) is 1.79. The van der Waals surface area contributed by atoms with Crippen LogP contribution in [0.5, 0.6) is 0 Å². The van der Waals surface area contributed by atoms with Crippen LogP contribution in [0.1, 0.15) is 29.0 Å². The van der Waals surface area contributed by atoms with Crippen LogP contribution in [0.4, 0.5) is 0 Å². The number of pyridine rings is 1. The number of hydrogen-bond donors (Lipinski definition) is 1. The lowest BCUT2D eigenvalue weighted by Crippen LogP contribution is -2.48. The predicted octanol–water partition coefficient (Wildman–Crippen LogP) is 3.38. The number of sulfonamides is 1. The highest BCUT2D eigenvalue weighted by atomic mass is 32.2. The van der Waals surface area contributed by atoms with Crippen molar-refractivity contribution in [1.82, 2.24) is 14.6 Å². The van der Waals surface area contributed by atoms with Crippen molar-refractivity contribution < 1.29 is 32.0 Å². The molecule has 5 rings (SSSR count). The van der Waals surface area contributed by atoms with Gasteiger partial charge in [-0.25, -0.2) is 13.4 Å². The summed E-state index contributed by atoms with van der Waals surface area (Å²) in [6, 6.07) is 21.4. The number of nitrogens with one attached hydrogen (secondary N) is 1. The summed E-state index contributed by atoms with van der Waals surface area (Å²) in [5, 5.41) is 3.25. The molecular weight excluding hydrogens is 546 g/mol. The van der Waals surface area contributed by atoms with Crippen molar-refractivity contribution in [3.05, 3.63) is 96.4 Å². The molecule has 1 aliphatic rings. The molecule has 1 aliphatic heterocycles. The molecule has 1 fully saturated rings. The zero-order chi connectivity index (χ0) is 28.8. The lowest BCUT2D eigenvalue weighted by atomic mass is 9.90. The Kier molecular flexibility index (Phi) is 8.67. The van der Waals surface area contributed by atoms with Crippen molar-refractivity contribution >= 4 is 38.5 Å². The molecule has 0 spiro atoms. The van der Waals surface area contributed by atoms with E-state index in [1.807, 2.05) is 36.4 Å². The number of Topliss-reactive ketones (excluding diaryl/α,β-unsaturated/α-hetero) is 2. The molecule has 1 N–H and O–H groups in total. The predicted molar refractivity (Wildman–Crippen MR) is 149 cm³/mol. The number of carbonyl (C=O) groups is 3. The Hall–Kier alpha value is -4.19. The lowest BCUT2D eigenvalue weighted by Gasteiger charge is -2.22. The Morgan fingerprint density at radius 2 is 1.80 bits per heavy atom. The lowest BCUT2D eigenvalue weighted by molar-refractivity contribution is -0.134. The smallest absolute Gasteiger partial charge is 0.287 e. The first-order valence-electron chi connectivity index (χ1n) is 13.2. The monoisotopic (exact) mass is 575 g/mol. The largest absolute Gasteiger partial charge is 0.451 e. The van der Waals surface area contributed by atoms with Crippen LogP contribution in [0, 0.1) is 5.92 Å². The van der Waals surface area contributed by atoms with Gasteiger partial charge in [0.25, 0.3) is 15.9 Å². The molecule has 2 aromatic heterocycles. The third kappa shape index (κ3) is 6.59. The maximum atomic E-state index is 13.7. The van der Waals surface area contributed by atoms with Crippen LogP contribution in [0.15, 0.2) is 94.5 Å². The van der Waals surface area contributed by atoms with Gasteiger partial charge < -0.3 is 14.5 Å². The van der Waals surface area contributed by atoms with Crippen molar-refractivity contribution in [2.24, 2.45) is 5.92 Å². The van der Waals surface area contributed by atoms with Gasteiger partial charge in [0.1, 0.15) is 11.6 Å². The zero-order valence-electron chi connectivity index (χ0n) is 22.1. The number of rotatable bonds is 10. The van der Waals surface area contributed by atoms with E-state index in [1.165, 1.54) is 12.3 Å². The number of hydrogen-bond acceptors (Lipinski definition) is 8. The first-order valence-corrected chi connectivity index (χ1v) is 14.7. The Bertz CT molecular complexity index is 1610. The van der Waals surface area contributed by atoms with Crippen LogP contribution < -0.4 is 5.32 Å². The highest BCUT2D eigenvalue weighted by Crippen LogP contribution is 2.23. The number of nitrogens with zero attached hydrogens (tertiary/aromatic N) is 2. The van der Waals surface area contributed by atoms with Gasteiger partial charge >= 0.3 is 0 Å². The van der Waals surface area contributed by atoms with Gasteiger partial charge in [-0.05, 0) is 42.7 Å². The maximum absolute atomic E-state index is 13.7. The standard InChI is InChI=1S/C30H29N3O7S/c34-25-18-33(41(37,38)28-14-6-7-15-31-28)16-8-12-23(25)29(35)24(20-39-19-21-9-2-1-3-10-21)32-30(36)27-17-22-11-4-5-13-26(22)40-27/h1-7,9-11,13-15,17,23-24H,8,12,16,18-20H2,(H,32,36)/t23?,24-/m0/s1. The molecule has 0 aliphatic carbocycles. The van der Waals surface area contributed by atoms with Crippen LogP contribution >= 0.6 is 0 Å². The number of carbonyl (C=O) groups excluding carboxylic acids is 3. The minimum absolute atomic E-state index is 0.0203. The van der Waals surface area contributed by atoms with Gasteiger partial charge in [-0.1, -0.05) is 54.6 Å². The van der Waals surface area contributed by atoms with E-state index >= 15 is 0 Å². The van der Waals surface area contributed by atoms with E-state index in [-0.39, 0.29) is 43.4 Å². The summed E-state index contributed by atoms with van der Waals surface area (Å²) in [5.74, 6) is -2.79. The molecule has 212 valence electrons. The molecular formula is C30H29N3O7S. The molecule has 2 aromatic carbocycles. The number of para-hydroxylation sites is 1. The number of furan rings is 1. The van der Waals surface area contributed by atoms with Gasteiger partial charge in [-0.15, -0.1) is 0 Å². The second kappa shape index (κ2) is 12.5. The highest BCUT2D eigenvalue weighted by molar-refractivity contribution is 7.89. The van der Waals surface area contributed by atoms with E-state index in [0.29, 0.717) is 5.58 Å². The molecule has 1 saturated heterocycles. The van der Waals surface area contributed by atoms with Crippen molar-refractivity contribution in [1.29, 1.82) is 0 Å². The summed E-state index contributed by atoms with van der Waals surface area (Å²) < 4.78 is 38.7. The van der Waals surface area contributed by atoms with Crippen molar-refractivity contribution in [3.63, 3.8) is 0 Å². The van der Waals surface area contributed by atoms with Crippen molar-refractivity contribution in [2.75, 3.05) is 19.7 Å². The van der Waals surface area contributed by atoms with E-state index in [9.17, 15) is 22.8 Å². The molecule has 2 atom stereocenters. The second-order valence-corrected chi connectivity index (χ2v) is 11.6. The number of ether oxygens (including phenoxy) is 1. The van der Waals surface area contributed by atoms with Gasteiger partial charge in [0, 0.05) is 18.1 Å². The van der Waals surface area contributed by atoms with Crippen LogP contribution in [0.2, 0.25) is 0 Å². The molecule has 1 unspecified atom stereocenters. The number of aromatic nitrogens is 1. The van der Waals surface area contributed by atoms with Crippen LogP contribution in [-0.2, 0) is 31.0 Å². The quantitative estimate of drug-likeness (QED) is 0.284. The molecule has 10 nitrogen and oxygen atoms in total. The molecule has 3 heterocycles. The van der Waals surface area contributed by atoms with E-state index < -0.39 is 46.0 Å². The molecule has 4 aromatic rings. The zero-order valence-corrected chi connectivity index (χ0v) is 23.0. The molecule has 0 radical (unpaired) electrons. The van der Waals surface area contributed by atoms with Gasteiger partial charge in [0.15, 0.2) is 22.4 Å². The second-order valence-electron chi connectivity index (χ2n) is 9.75. The molecule has 0 saturated carbocycles. The first-order chi connectivity index (χ1) is 19.8. The Labute approximate surface area is 237 Å². The topological polar surface area (TPSA) is 136 Å². The summed E-state index contributed by atoms with van der Waals surface area (Å²) in [7, 11) is -4.02. The normalized spacial score (nSPS) is 17.2. The highest BCUT2D eigenvalue weighted by Gasteiger charge is 2.39. The molecule has 1 amide bonds. The van der Waals surface area contributed by atoms with Gasteiger partial charge in [-0.3, -0.25) is 14.4 Å². The fourth-order valence-corrected chi connectivity index (χ4v) is 6.14. The fraction of sp³-hybridized carbons (Fsp3) is 0.267. The molecule has 11 heteroatoms. The van der Waals surface area contributed by atoms with Crippen molar-refractivity contribution in [3.8, 4) is 0 Å². The number of fused-ring (bicyclic) bond motifs is 1. The van der Waals surface area contributed by atoms with Gasteiger partial charge in [0.2, 0.25) is 0 Å². The minimum atomic E-state index is -4.02. The summed E-state index contributed by atoms with van der Waals surface area (Å²) >= 11 is 0. The van der Waals surface area contributed by atoms with Gasteiger partial charge in [-0.2, -0.15) is 4.31 Å². The average molecular weight is 576 g/mol. The SMILES string of the molecule is O=C(N[C@@H](COCc1ccccc1)C(=O)C1CCCN(S(=O)(=O)c2ccccn2)CC1=O)c1cc2ccccc2o1. The Morgan fingerprint density at radius 1 is 1.05 bits per heavy atom. The van der Waals surface area contributed by atoms with Gasteiger partial charge in [0.05, 0.1) is 25.7 Å². The minimum Gasteiger partial charge on any atom is -0.451 e. The van der Waals surface area contributed by atoms with Crippen LogP contribution in [-0.4, -0.2) is 60.9 Å². The summed E-state index contributed by atoms with van der Waals surface area (Å²) in [5.41, 5.74) is 1.40. The average Bonchev–Trinajstić information content (AvgIpc) is 3.33. The Balaban J connectivity index is 1.33. The molecule has 41 heavy (non-hydrogen) atoms. The van der Waals surface area contributed by atoms with E-state index in [0.717, 1.165) is 15.3 Å². The molecule has 0 bridgehead atoms. The fourth-order valence-electron chi connectivity index (χ4n) is 4.76. The maximum Gasteiger partial charge on any atom is 0.287 e. The summed E-state index contributed by atoms with van der Waals surface area (Å²) in [4.78, 5) is 44.1. The number of amides is 1. The van der Waals surface area contributed by atoms with E-state index in [4.69, 9.17) is 9.15 Å². The van der Waals surface area contributed by atoms with Crippen LogP contribution in [0.25, 0.3) is 11.0 Å². The van der Waals surface area contributed by atoms with Crippen molar-refractivity contribution in [2.45, 2.75) is 30.5 Å². The number of benzene rings is 2. The Morgan fingerprint density at radius 3 is 2.56 bits per heavy atom. The third-order valence-corrected chi connectivity index (χ3v) is 8.66. The summed E-state index contributed by atoms with van der Waals surface area (Å²) in [6.45, 7) is -0.390. The van der Waals surface area contributed by atoms with E-state index in [1.54, 1.807) is 36.4 Å². The number of ketones is 2. The first kappa shape index (κ1) is 28.3. The third-order valence-electron chi connectivity index (χ3n) is 6.90. The van der Waals surface area contributed by atoms with Crippen LogP contribution in [0.3, 0.4) is 0 Å².